The third kappa shape index (κ3) is 4.48. The minimum absolute atomic E-state index is 0.265. The molecular formula is C23H23N5O3. The standard InChI is InChI=1S/C23H23N5O3/c1-16-21(26-27-28(16)18-9-4-10-19(15-18)30-2)23(29)25-13-6-14-31-20-11-3-7-17-8-5-12-24-22(17)20/h3-5,7-12,15H,6,13-14H2,1-2H3,(H,25,29). The molecule has 8 heteroatoms. The van der Waals surface area contributed by atoms with E-state index in [-0.39, 0.29) is 5.91 Å². The molecule has 0 aliphatic heterocycles. The van der Waals surface area contributed by atoms with Crippen LogP contribution in [0.25, 0.3) is 16.6 Å². The van der Waals surface area contributed by atoms with Crippen LogP contribution < -0.4 is 14.8 Å². The number of carbonyl (C=O) groups is 1. The van der Waals surface area contributed by atoms with Crippen molar-refractivity contribution in [1.82, 2.24) is 25.3 Å². The maximum Gasteiger partial charge on any atom is 0.273 e. The second-order valence-corrected chi connectivity index (χ2v) is 6.93. The molecule has 0 saturated carbocycles. The Morgan fingerprint density at radius 3 is 2.84 bits per heavy atom. The summed E-state index contributed by atoms with van der Waals surface area (Å²) in [6.45, 7) is 2.74. The summed E-state index contributed by atoms with van der Waals surface area (Å²) in [5.74, 6) is 1.18. The number of aromatic nitrogens is 4. The highest BCUT2D eigenvalue weighted by atomic mass is 16.5. The summed E-state index contributed by atoms with van der Waals surface area (Å²) in [6, 6.07) is 17.2. The quantitative estimate of drug-likeness (QED) is 0.442. The largest absolute Gasteiger partial charge is 0.497 e. The number of hydrogen-bond acceptors (Lipinski definition) is 6. The fourth-order valence-corrected chi connectivity index (χ4v) is 3.26. The molecule has 4 rings (SSSR count). The topological polar surface area (TPSA) is 91.2 Å². The van der Waals surface area contributed by atoms with E-state index in [1.165, 1.54) is 0 Å². The molecule has 158 valence electrons. The van der Waals surface area contributed by atoms with Gasteiger partial charge in [-0.25, -0.2) is 4.68 Å². The number of para-hydroxylation sites is 1. The van der Waals surface area contributed by atoms with E-state index in [4.69, 9.17) is 9.47 Å². The molecule has 0 unspecified atom stereocenters. The molecule has 0 radical (unpaired) electrons. The fraction of sp³-hybridized carbons (Fsp3) is 0.217. The molecule has 4 aromatic rings. The number of amides is 1. The molecule has 0 aliphatic carbocycles. The zero-order valence-electron chi connectivity index (χ0n) is 17.4. The number of carbonyl (C=O) groups excluding carboxylic acids is 1. The van der Waals surface area contributed by atoms with E-state index < -0.39 is 0 Å². The highest BCUT2D eigenvalue weighted by molar-refractivity contribution is 5.93. The number of fused-ring (bicyclic) bond motifs is 1. The van der Waals surface area contributed by atoms with Gasteiger partial charge in [0.25, 0.3) is 5.91 Å². The maximum atomic E-state index is 12.5. The van der Waals surface area contributed by atoms with Crippen LogP contribution in [0.1, 0.15) is 22.6 Å². The van der Waals surface area contributed by atoms with Gasteiger partial charge in [0.1, 0.15) is 17.0 Å². The molecule has 1 amide bonds. The molecule has 0 bridgehead atoms. The van der Waals surface area contributed by atoms with Gasteiger partial charge in [-0.2, -0.15) is 0 Å². The van der Waals surface area contributed by atoms with Crippen molar-refractivity contribution in [3.8, 4) is 17.2 Å². The second-order valence-electron chi connectivity index (χ2n) is 6.93. The van der Waals surface area contributed by atoms with Crippen molar-refractivity contribution in [3.63, 3.8) is 0 Å². The highest BCUT2D eigenvalue weighted by Crippen LogP contribution is 2.23. The lowest BCUT2D eigenvalue weighted by molar-refractivity contribution is 0.0946. The molecule has 0 fully saturated rings. The van der Waals surface area contributed by atoms with Gasteiger partial charge in [-0.05, 0) is 37.6 Å². The Bertz CT molecular complexity index is 1200. The van der Waals surface area contributed by atoms with Crippen LogP contribution in [0.4, 0.5) is 0 Å². The lowest BCUT2D eigenvalue weighted by Gasteiger charge is -2.09. The first-order valence-electron chi connectivity index (χ1n) is 9.99. The lowest BCUT2D eigenvalue weighted by Crippen LogP contribution is -2.26. The van der Waals surface area contributed by atoms with E-state index in [1.807, 2.05) is 61.5 Å². The molecule has 0 spiro atoms. The van der Waals surface area contributed by atoms with Gasteiger partial charge in [-0.15, -0.1) is 5.10 Å². The number of pyridine rings is 1. The van der Waals surface area contributed by atoms with Crippen LogP contribution in [0.15, 0.2) is 60.8 Å². The number of hydrogen-bond donors (Lipinski definition) is 1. The molecular weight excluding hydrogens is 394 g/mol. The number of methoxy groups -OCH3 is 1. The van der Waals surface area contributed by atoms with E-state index >= 15 is 0 Å². The van der Waals surface area contributed by atoms with Crippen molar-refractivity contribution in [2.45, 2.75) is 13.3 Å². The predicted octanol–water partition coefficient (Wildman–Crippen LogP) is 3.33. The van der Waals surface area contributed by atoms with Crippen molar-refractivity contribution in [3.05, 3.63) is 72.2 Å². The SMILES string of the molecule is COc1cccc(-n2nnc(C(=O)NCCCOc3cccc4cccnc34)c2C)c1. The van der Waals surface area contributed by atoms with Crippen LogP contribution in [0.2, 0.25) is 0 Å². The van der Waals surface area contributed by atoms with Crippen molar-refractivity contribution in [1.29, 1.82) is 0 Å². The minimum Gasteiger partial charge on any atom is -0.497 e. The van der Waals surface area contributed by atoms with Crippen LogP contribution in [0.5, 0.6) is 11.5 Å². The third-order valence-electron chi connectivity index (χ3n) is 4.87. The van der Waals surface area contributed by atoms with Gasteiger partial charge in [0.05, 0.1) is 25.1 Å². The Hall–Kier alpha value is -3.94. The average molecular weight is 417 g/mol. The lowest BCUT2D eigenvalue weighted by atomic mass is 10.2. The molecule has 0 atom stereocenters. The van der Waals surface area contributed by atoms with E-state index in [0.717, 1.165) is 22.3 Å². The number of ether oxygens (including phenoxy) is 2. The van der Waals surface area contributed by atoms with Gasteiger partial charge in [0, 0.05) is 24.2 Å². The first kappa shape index (κ1) is 20.3. The van der Waals surface area contributed by atoms with E-state index in [0.29, 0.717) is 36.7 Å². The fourth-order valence-electron chi connectivity index (χ4n) is 3.26. The smallest absolute Gasteiger partial charge is 0.273 e. The average Bonchev–Trinajstić information content (AvgIpc) is 3.20. The van der Waals surface area contributed by atoms with Crippen LogP contribution in [0.3, 0.4) is 0 Å². The first-order chi connectivity index (χ1) is 15.2. The molecule has 0 aliphatic rings. The van der Waals surface area contributed by atoms with Crippen LogP contribution in [-0.2, 0) is 0 Å². The summed E-state index contributed by atoms with van der Waals surface area (Å²) >= 11 is 0. The zero-order valence-corrected chi connectivity index (χ0v) is 17.4. The summed E-state index contributed by atoms with van der Waals surface area (Å²) in [7, 11) is 1.60. The molecule has 8 nitrogen and oxygen atoms in total. The Morgan fingerprint density at radius 2 is 1.97 bits per heavy atom. The summed E-state index contributed by atoms with van der Waals surface area (Å²) in [4.78, 5) is 16.9. The van der Waals surface area contributed by atoms with Crippen molar-refractivity contribution >= 4 is 16.8 Å². The van der Waals surface area contributed by atoms with E-state index in [1.54, 1.807) is 18.0 Å². The molecule has 0 saturated heterocycles. The first-order valence-corrected chi connectivity index (χ1v) is 9.99. The third-order valence-corrected chi connectivity index (χ3v) is 4.87. The van der Waals surface area contributed by atoms with Gasteiger partial charge in [0.2, 0.25) is 0 Å². The molecule has 1 N–H and O–H groups in total. The van der Waals surface area contributed by atoms with Gasteiger partial charge >= 0.3 is 0 Å². The Labute approximate surface area is 179 Å². The molecule has 31 heavy (non-hydrogen) atoms. The van der Waals surface area contributed by atoms with Gasteiger partial charge in [-0.3, -0.25) is 9.78 Å². The van der Waals surface area contributed by atoms with E-state index in [2.05, 4.69) is 20.6 Å². The van der Waals surface area contributed by atoms with Gasteiger partial charge in [-0.1, -0.05) is 29.5 Å². The Balaban J connectivity index is 1.32. The minimum atomic E-state index is -0.265. The summed E-state index contributed by atoms with van der Waals surface area (Å²) in [5.41, 5.74) is 2.56. The molecule has 2 heterocycles. The van der Waals surface area contributed by atoms with Gasteiger partial charge < -0.3 is 14.8 Å². The molecule has 2 aromatic heterocycles. The van der Waals surface area contributed by atoms with Crippen molar-refractivity contribution < 1.29 is 14.3 Å². The second kappa shape index (κ2) is 9.25. The molecule has 2 aromatic carbocycles. The number of nitrogens with one attached hydrogen (secondary N) is 1. The number of nitrogens with zero attached hydrogens (tertiary/aromatic N) is 4. The normalized spacial score (nSPS) is 10.8. The highest BCUT2D eigenvalue weighted by Gasteiger charge is 2.17. The van der Waals surface area contributed by atoms with Crippen LogP contribution in [-0.4, -0.2) is 46.1 Å². The predicted molar refractivity (Wildman–Crippen MR) is 117 cm³/mol. The van der Waals surface area contributed by atoms with Crippen molar-refractivity contribution in [2.75, 3.05) is 20.3 Å². The van der Waals surface area contributed by atoms with Crippen LogP contribution >= 0.6 is 0 Å². The summed E-state index contributed by atoms with van der Waals surface area (Å²) < 4.78 is 12.7. The maximum absolute atomic E-state index is 12.5. The van der Waals surface area contributed by atoms with Gasteiger partial charge in [0.15, 0.2) is 5.69 Å². The number of benzene rings is 2. The summed E-state index contributed by atoms with van der Waals surface area (Å²) in [6.07, 6.45) is 2.40. The van der Waals surface area contributed by atoms with Crippen LogP contribution in [0, 0.1) is 6.92 Å². The Kier molecular flexibility index (Phi) is 6.07. The summed E-state index contributed by atoms with van der Waals surface area (Å²) in [5, 5.41) is 12.1. The van der Waals surface area contributed by atoms with Crippen molar-refractivity contribution in [2.24, 2.45) is 0 Å². The van der Waals surface area contributed by atoms with E-state index in [9.17, 15) is 4.79 Å². The Morgan fingerprint density at radius 1 is 1.13 bits per heavy atom. The zero-order chi connectivity index (χ0) is 21.6. The number of rotatable bonds is 8. The monoisotopic (exact) mass is 417 g/mol.